The van der Waals surface area contributed by atoms with Crippen molar-refractivity contribution in [2.75, 3.05) is 0 Å². The fraction of sp³-hybridized carbons (Fsp3) is 1.00. The van der Waals surface area contributed by atoms with Crippen molar-refractivity contribution in [3.05, 3.63) is 0 Å². The van der Waals surface area contributed by atoms with Crippen molar-refractivity contribution < 1.29 is 0 Å². The van der Waals surface area contributed by atoms with E-state index in [-0.39, 0.29) is 0 Å². The van der Waals surface area contributed by atoms with Gasteiger partial charge in [0.25, 0.3) is 0 Å². The zero-order valence-electron chi connectivity index (χ0n) is 14.3. The second kappa shape index (κ2) is 19.6. The Morgan fingerprint density at radius 3 is 0.900 bits per heavy atom. The first-order valence-corrected chi connectivity index (χ1v) is 11.3. The van der Waals surface area contributed by atoms with Crippen molar-refractivity contribution in [2.45, 2.75) is 121 Å². The fourth-order valence-electron chi connectivity index (χ4n) is 2.87. The third-order valence-electron chi connectivity index (χ3n) is 4.31. The van der Waals surface area contributed by atoms with E-state index in [2.05, 4.69) is 6.92 Å². The Balaban J connectivity index is 2.89. The Kier molecular flexibility index (Phi) is 20.1. The zero-order chi connectivity index (χ0) is 14.7. The van der Waals surface area contributed by atoms with Crippen molar-refractivity contribution >= 4 is 16.9 Å². The van der Waals surface area contributed by atoms with Crippen LogP contribution in [0.25, 0.3) is 0 Å². The van der Waals surface area contributed by atoms with Gasteiger partial charge in [0.05, 0.1) is 0 Å². The van der Waals surface area contributed by atoms with Gasteiger partial charge in [-0.1, -0.05) is 45.4 Å². The van der Waals surface area contributed by atoms with Crippen LogP contribution in [0.5, 0.6) is 0 Å². The standard InChI is InChI=1S/C19H41As/c1-2-3-4-5-6-7-8-9-10-11-12-13-14-15-16-17-18-19-20/h2-20H2,1H3. The molecule has 0 bridgehead atoms. The summed E-state index contributed by atoms with van der Waals surface area (Å²) in [6.45, 7) is 2.30. The maximum atomic E-state index is 2.30. The van der Waals surface area contributed by atoms with E-state index < -0.39 is 0 Å². The van der Waals surface area contributed by atoms with E-state index >= 15 is 0 Å². The van der Waals surface area contributed by atoms with Crippen LogP contribution in [-0.4, -0.2) is 16.9 Å². The van der Waals surface area contributed by atoms with E-state index in [0.29, 0.717) is 0 Å². The average molecular weight is 344 g/mol. The zero-order valence-corrected chi connectivity index (χ0v) is 16.7. The molecule has 1 unspecified atom stereocenters. The topological polar surface area (TPSA) is 0 Å². The van der Waals surface area contributed by atoms with E-state index in [4.69, 9.17) is 0 Å². The summed E-state index contributed by atoms with van der Waals surface area (Å²) >= 11 is 1.90. The average Bonchev–Trinajstić information content (AvgIpc) is 2.47. The van der Waals surface area contributed by atoms with Gasteiger partial charge in [0.2, 0.25) is 0 Å². The molecule has 0 rings (SSSR count). The first-order valence-electron chi connectivity index (χ1n) is 9.62. The molecule has 1 heteroatoms. The Hall–Kier alpha value is 0.558. The molecule has 0 saturated heterocycles. The molecule has 0 aromatic heterocycles. The van der Waals surface area contributed by atoms with Crippen LogP contribution in [0, 0.1) is 0 Å². The molecule has 0 N–H and O–H groups in total. The molecule has 20 heavy (non-hydrogen) atoms. The van der Waals surface area contributed by atoms with Gasteiger partial charge in [0, 0.05) is 0 Å². The van der Waals surface area contributed by atoms with Crippen molar-refractivity contribution in [1.29, 1.82) is 0 Å². The molecule has 122 valence electrons. The predicted octanol–water partition coefficient (Wildman–Crippen LogP) is 6.69. The van der Waals surface area contributed by atoms with Crippen molar-refractivity contribution in [1.82, 2.24) is 0 Å². The fourth-order valence-corrected chi connectivity index (χ4v) is 3.47. The van der Waals surface area contributed by atoms with E-state index in [0.717, 1.165) is 0 Å². The number of hydrogen-bond acceptors (Lipinski definition) is 0. The molecule has 0 aliphatic rings. The molecule has 0 saturated carbocycles. The van der Waals surface area contributed by atoms with Gasteiger partial charge in [-0.25, -0.2) is 0 Å². The number of unbranched alkanes of at least 4 members (excludes halogenated alkanes) is 16. The summed E-state index contributed by atoms with van der Waals surface area (Å²) in [5.41, 5.74) is 0. The SMILES string of the molecule is CCCCCCCCCCCCCCCCCCC[AsH2]. The van der Waals surface area contributed by atoms with Gasteiger partial charge < -0.3 is 0 Å². The van der Waals surface area contributed by atoms with Crippen LogP contribution < -0.4 is 0 Å². The molecule has 0 amide bonds. The second-order valence-corrected chi connectivity index (χ2v) is 7.66. The Bertz CT molecular complexity index is 138. The predicted molar refractivity (Wildman–Crippen MR) is 97.5 cm³/mol. The normalized spacial score (nSPS) is 11.1. The summed E-state index contributed by atoms with van der Waals surface area (Å²) in [5, 5.41) is 1.44. The first-order chi connectivity index (χ1) is 9.91. The van der Waals surface area contributed by atoms with Gasteiger partial charge in [0.1, 0.15) is 0 Å². The molecule has 0 radical (unpaired) electrons. The molecule has 0 aliphatic carbocycles. The van der Waals surface area contributed by atoms with Crippen molar-refractivity contribution in [3.8, 4) is 0 Å². The van der Waals surface area contributed by atoms with E-state index in [9.17, 15) is 0 Å². The molecular formula is C19H41As. The molecular weight excluding hydrogens is 303 g/mol. The summed E-state index contributed by atoms with van der Waals surface area (Å²) in [6.07, 6.45) is 25.1. The van der Waals surface area contributed by atoms with Gasteiger partial charge in [-0.05, 0) is 0 Å². The number of rotatable bonds is 17. The Morgan fingerprint density at radius 2 is 0.650 bits per heavy atom. The van der Waals surface area contributed by atoms with Gasteiger partial charge in [-0.15, -0.1) is 0 Å². The van der Waals surface area contributed by atoms with Crippen molar-refractivity contribution in [3.63, 3.8) is 0 Å². The molecule has 0 heterocycles. The van der Waals surface area contributed by atoms with Gasteiger partial charge in [0.15, 0.2) is 0 Å². The molecule has 1 atom stereocenters. The van der Waals surface area contributed by atoms with Gasteiger partial charge >= 0.3 is 92.7 Å². The van der Waals surface area contributed by atoms with Crippen LogP contribution in [-0.2, 0) is 0 Å². The summed E-state index contributed by atoms with van der Waals surface area (Å²) in [4.78, 5) is 0. The van der Waals surface area contributed by atoms with Crippen LogP contribution >= 0.6 is 0 Å². The quantitative estimate of drug-likeness (QED) is 0.204. The molecule has 0 aliphatic heterocycles. The minimum atomic E-state index is 1.37. The minimum absolute atomic E-state index is 1.37. The third-order valence-corrected chi connectivity index (χ3v) is 5.16. The molecule has 0 aromatic rings. The van der Waals surface area contributed by atoms with E-state index in [1.165, 1.54) is 114 Å². The van der Waals surface area contributed by atoms with E-state index in [1.807, 2.05) is 16.9 Å². The van der Waals surface area contributed by atoms with Crippen molar-refractivity contribution in [2.24, 2.45) is 0 Å². The molecule has 0 spiro atoms. The maximum absolute atomic E-state index is 2.30. The van der Waals surface area contributed by atoms with Crippen LogP contribution in [0.15, 0.2) is 0 Å². The molecule has 0 fully saturated rings. The number of hydrogen-bond donors (Lipinski definition) is 0. The van der Waals surface area contributed by atoms with Crippen LogP contribution in [0.1, 0.15) is 116 Å². The second-order valence-electron chi connectivity index (χ2n) is 6.45. The Morgan fingerprint density at radius 1 is 0.400 bits per heavy atom. The molecule has 0 nitrogen and oxygen atoms in total. The van der Waals surface area contributed by atoms with Crippen LogP contribution in [0.4, 0.5) is 0 Å². The summed E-state index contributed by atoms with van der Waals surface area (Å²) in [6, 6.07) is 0. The van der Waals surface area contributed by atoms with Crippen LogP contribution in [0.3, 0.4) is 0 Å². The van der Waals surface area contributed by atoms with Crippen LogP contribution in [0.2, 0.25) is 5.21 Å². The van der Waals surface area contributed by atoms with Gasteiger partial charge in [-0.3, -0.25) is 0 Å². The monoisotopic (exact) mass is 344 g/mol. The third kappa shape index (κ3) is 18.6. The summed E-state index contributed by atoms with van der Waals surface area (Å²) in [7, 11) is 0. The van der Waals surface area contributed by atoms with Gasteiger partial charge in [-0.2, -0.15) is 0 Å². The Labute approximate surface area is 138 Å². The first kappa shape index (κ1) is 20.6. The van der Waals surface area contributed by atoms with E-state index in [1.54, 1.807) is 0 Å². The summed E-state index contributed by atoms with van der Waals surface area (Å²) in [5.74, 6) is 0. The molecule has 0 aromatic carbocycles. The summed E-state index contributed by atoms with van der Waals surface area (Å²) < 4.78 is 0.